The van der Waals surface area contributed by atoms with Crippen LogP contribution < -0.4 is 9.54 Å². The van der Waals surface area contributed by atoms with Crippen LogP contribution in [0.3, 0.4) is 0 Å². The molecule has 0 bridgehead atoms. The number of nitrogens with zero attached hydrogens (tertiary/aromatic N) is 2. The number of fused-ring (bicyclic) bond motifs is 1. The molecule has 3 aromatic rings. The maximum atomic E-state index is 12.8. The molecule has 1 amide bonds. The summed E-state index contributed by atoms with van der Waals surface area (Å²) in [6.07, 6.45) is 1.29. The summed E-state index contributed by atoms with van der Waals surface area (Å²) >= 11 is 1.29. The van der Waals surface area contributed by atoms with Gasteiger partial charge in [0.2, 0.25) is 0 Å². The number of thiazole rings is 1. The lowest BCUT2D eigenvalue weighted by Crippen LogP contribution is -2.20. The number of carbonyl (C=O) groups excluding carboxylic acids is 1. The molecule has 3 rings (SSSR count). The molecular formula is C22H26N2O5S2. The number of methoxy groups -OCH3 is 1. The minimum atomic E-state index is -3.33. The highest BCUT2D eigenvalue weighted by Gasteiger charge is 2.14. The summed E-state index contributed by atoms with van der Waals surface area (Å²) in [4.78, 5) is 17.9. The normalized spacial score (nSPS) is 12.5. The third-order valence-corrected chi connectivity index (χ3v) is 6.90. The fourth-order valence-electron chi connectivity index (χ4n) is 3.24. The van der Waals surface area contributed by atoms with E-state index in [1.165, 1.54) is 17.6 Å². The molecule has 166 valence electrons. The van der Waals surface area contributed by atoms with E-state index in [2.05, 4.69) is 4.99 Å². The number of aromatic nitrogens is 1. The van der Waals surface area contributed by atoms with Crippen LogP contribution in [0.5, 0.6) is 5.75 Å². The average Bonchev–Trinajstić information content (AvgIpc) is 3.04. The van der Waals surface area contributed by atoms with Crippen molar-refractivity contribution < 1.29 is 22.7 Å². The van der Waals surface area contributed by atoms with Gasteiger partial charge in [0.15, 0.2) is 14.6 Å². The van der Waals surface area contributed by atoms with Gasteiger partial charge in [0.05, 0.1) is 35.2 Å². The smallest absolute Gasteiger partial charge is 0.252 e. The molecule has 0 atom stereocenters. The van der Waals surface area contributed by atoms with Crippen LogP contribution >= 0.6 is 11.3 Å². The minimum Gasteiger partial charge on any atom is -0.496 e. The zero-order valence-electron chi connectivity index (χ0n) is 18.0. The Bertz CT molecular complexity index is 1270. The first-order valence-corrected chi connectivity index (χ1v) is 12.6. The summed E-state index contributed by atoms with van der Waals surface area (Å²) in [6.45, 7) is 5.42. The van der Waals surface area contributed by atoms with Crippen molar-refractivity contribution in [2.24, 2.45) is 4.99 Å². The first-order valence-electron chi connectivity index (χ1n) is 9.85. The SMILES string of the molecule is CCOCCn1c(=NC(=O)Cc2cc(C)ccc2OC)sc2cc(S(C)(=O)=O)ccc21. The van der Waals surface area contributed by atoms with Crippen LogP contribution in [-0.2, 0) is 32.3 Å². The molecule has 0 saturated heterocycles. The number of sulfone groups is 1. The molecule has 0 aliphatic heterocycles. The second-order valence-electron chi connectivity index (χ2n) is 7.13. The second-order valence-corrected chi connectivity index (χ2v) is 10.2. The van der Waals surface area contributed by atoms with E-state index in [0.717, 1.165) is 21.3 Å². The molecule has 0 aliphatic rings. The molecule has 0 unspecified atom stereocenters. The Labute approximate surface area is 185 Å². The Morgan fingerprint density at radius 2 is 1.97 bits per heavy atom. The Balaban J connectivity index is 2.04. The summed E-state index contributed by atoms with van der Waals surface area (Å²) in [6, 6.07) is 10.6. The average molecular weight is 463 g/mol. The number of aryl methyl sites for hydroxylation is 1. The summed E-state index contributed by atoms with van der Waals surface area (Å²) < 4.78 is 37.4. The van der Waals surface area contributed by atoms with E-state index in [1.807, 2.05) is 36.6 Å². The summed E-state index contributed by atoms with van der Waals surface area (Å²) in [5.74, 6) is 0.344. The third-order valence-electron chi connectivity index (χ3n) is 4.74. The highest BCUT2D eigenvalue weighted by Crippen LogP contribution is 2.23. The fraction of sp³-hybridized carbons (Fsp3) is 0.364. The molecule has 9 heteroatoms. The molecule has 0 radical (unpaired) electrons. The fourth-order valence-corrected chi connectivity index (χ4v) is 5.07. The molecule has 1 aromatic heterocycles. The molecule has 0 saturated carbocycles. The maximum Gasteiger partial charge on any atom is 0.252 e. The van der Waals surface area contributed by atoms with Crippen molar-refractivity contribution >= 4 is 37.3 Å². The molecule has 0 spiro atoms. The number of hydrogen-bond acceptors (Lipinski definition) is 6. The molecule has 2 aromatic carbocycles. The lowest BCUT2D eigenvalue weighted by atomic mass is 10.1. The Kier molecular flexibility index (Phi) is 7.30. The van der Waals surface area contributed by atoms with Gasteiger partial charge >= 0.3 is 0 Å². The van der Waals surface area contributed by atoms with Gasteiger partial charge in [-0.1, -0.05) is 29.0 Å². The van der Waals surface area contributed by atoms with E-state index >= 15 is 0 Å². The lowest BCUT2D eigenvalue weighted by molar-refractivity contribution is -0.117. The predicted molar refractivity (Wildman–Crippen MR) is 121 cm³/mol. The number of benzene rings is 2. The highest BCUT2D eigenvalue weighted by molar-refractivity contribution is 7.90. The van der Waals surface area contributed by atoms with Gasteiger partial charge in [0.1, 0.15) is 5.75 Å². The lowest BCUT2D eigenvalue weighted by Gasteiger charge is -2.08. The zero-order chi connectivity index (χ0) is 22.6. The van der Waals surface area contributed by atoms with Gasteiger partial charge in [-0.15, -0.1) is 0 Å². The summed E-state index contributed by atoms with van der Waals surface area (Å²) in [5, 5.41) is 0. The van der Waals surface area contributed by atoms with Crippen LogP contribution in [0.4, 0.5) is 0 Å². The third kappa shape index (κ3) is 5.61. The Morgan fingerprint density at radius 3 is 2.65 bits per heavy atom. The summed E-state index contributed by atoms with van der Waals surface area (Å²) in [5.41, 5.74) is 2.62. The van der Waals surface area contributed by atoms with Gasteiger partial charge in [-0.2, -0.15) is 4.99 Å². The maximum absolute atomic E-state index is 12.8. The topological polar surface area (TPSA) is 87.0 Å². The van der Waals surface area contributed by atoms with Crippen molar-refractivity contribution in [2.45, 2.75) is 31.7 Å². The standard InChI is InChI=1S/C22H26N2O5S2/c1-5-29-11-10-24-18-8-7-17(31(4,26)27)14-20(18)30-22(24)23-21(25)13-16-12-15(2)6-9-19(16)28-3/h6-9,12,14H,5,10-11,13H2,1-4H3. The van der Waals surface area contributed by atoms with E-state index in [-0.39, 0.29) is 17.2 Å². The number of amides is 1. The van der Waals surface area contributed by atoms with Crippen LogP contribution in [0.15, 0.2) is 46.3 Å². The first kappa shape index (κ1) is 23.2. The molecule has 1 heterocycles. The van der Waals surface area contributed by atoms with Crippen LogP contribution in [0.1, 0.15) is 18.1 Å². The van der Waals surface area contributed by atoms with Crippen molar-refractivity contribution in [3.63, 3.8) is 0 Å². The van der Waals surface area contributed by atoms with Crippen molar-refractivity contribution in [1.82, 2.24) is 4.57 Å². The molecule has 0 N–H and O–H groups in total. The highest BCUT2D eigenvalue weighted by atomic mass is 32.2. The number of hydrogen-bond donors (Lipinski definition) is 0. The van der Waals surface area contributed by atoms with Crippen LogP contribution in [0, 0.1) is 6.92 Å². The molecule has 0 fully saturated rings. The molecule has 7 nitrogen and oxygen atoms in total. The molecule has 31 heavy (non-hydrogen) atoms. The Hall–Kier alpha value is -2.49. The van der Waals surface area contributed by atoms with E-state index in [9.17, 15) is 13.2 Å². The van der Waals surface area contributed by atoms with Crippen molar-refractivity contribution in [2.75, 3.05) is 26.6 Å². The van der Waals surface area contributed by atoms with Gasteiger partial charge in [-0.25, -0.2) is 8.42 Å². The number of ether oxygens (including phenoxy) is 2. The van der Waals surface area contributed by atoms with Gasteiger partial charge < -0.3 is 14.0 Å². The monoisotopic (exact) mass is 462 g/mol. The van der Waals surface area contributed by atoms with Gasteiger partial charge in [0.25, 0.3) is 5.91 Å². The molecular weight excluding hydrogens is 436 g/mol. The quantitative estimate of drug-likeness (QED) is 0.480. The van der Waals surface area contributed by atoms with Crippen molar-refractivity contribution in [3.8, 4) is 5.75 Å². The first-order chi connectivity index (χ1) is 14.7. The van der Waals surface area contributed by atoms with Gasteiger partial charge in [-0.05, 0) is 38.1 Å². The van der Waals surface area contributed by atoms with Crippen LogP contribution in [0.25, 0.3) is 10.2 Å². The van der Waals surface area contributed by atoms with Crippen LogP contribution in [-0.4, -0.2) is 45.5 Å². The molecule has 0 aliphatic carbocycles. The van der Waals surface area contributed by atoms with Gasteiger partial charge in [0, 0.05) is 25.0 Å². The number of carbonyl (C=O) groups is 1. The van der Waals surface area contributed by atoms with E-state index in [0.29, 0.717) is 30.3 Å². The van der Waals surface area contributed by atoms with E-state index < -0.39 is 9.84 Å². The zero-order valence-corrected chi connectivity index (χ0v) is 19.7. The number of rotatable bonds is 8. The Morgan fingerprint density at radius 1 is 1.19 bits per heavy atom. The predicted octanol–water partition coefficient (Wildman–Crippen LogP) is 3.13. The van der Waals surface area contributed by atoms with Crippen molar-refractivity contribution in [3.05, 3.63) is 52.3 Å². The van der Waals surface area contributed by atoms with Crippen molar-refractivity contribution in [1.29, 1.82) is 0 Å². The largest absolute Gasteiger partial charge is 0.496 e. The van der Waals surface area contributed by atoms with E-state index in [1.54, 1.807) is 25.3 Å². The summed E-state index contributed by atoms with van der Waals surface area (Å²) in [7, 11) is -1.76. The van der Waals surface area contributed by atoms with Crippen LogP contribution in [0.2, 0.25) is 0 Å². The minimum absolute atomic E-state index is 0.110. The van der Waals surface area contributed by atoms with E-state index in [4.69, 9.17) is 9.47 Å². The van der Waals surface area contributed by atoms with Gasteiger partial charge in [-0.3, -0.25) is 4.79 Å². The second kappa shape index (κ2) is 9.76.